The molecule has 1 aromatic rings. The van der Waals surface area contributed by atoms with Gasteiger partial charge in [-0.25, -0.2) is 0 Å². The molecule has 0 fully saturated rings. The lowest BCUT2D eigenvalue weighted by molar-refractivity contribution is 0.838. The Hall–Kier alpha value is -1.58. The number of hydrogen-bond acceptors (Lipinski definition) is 4. The summed E-state index contributed by atoms with van der Waals surface area (Å²) in [6.45, 7) is 9.62. The van der Waals surface area contributed by atoms with Gasteiger partial charge in [0.25, 0.3) is 0 Å². The molecule has 1 rings (SSSR count). The first-order valence-corrected chi connectivity index (χ1v) is 4.62. The molecule has 0 amide bonds. The number of nitrogens with zero attached hydrogens (tertiary/aromatic N) is 3. The number of rotatable bonds is 4. The zero-order valence-electron chi connectivity index (χ0n) is 8.70. The van der Waals surface area contributed by atoms with Crippen LogP contribution in [0.25, 0.3) is 0 Å². The molecule has 4 heteroatoms. The zero-order chi connectivity index (χ0) is 10.6. The summed E-state index contributed by atoms with van der Waals surface area (Å²) < 4.78 is 0. The van der Waals surface area contributed by atoms with E-state index in [0.29, 0.717) is 5.82 Å². The van der Waals surface area contributed by atoms with Crippen LogP contribution in [0.4, 0.5) is 11.6 Å². The van der Waals surface area contributed by atoms with E-state index >= 15 is 0 Å². The first-order valence-electron chi connectivity index (χ1n) is 4.62. The fourth-order valence-corrected chi connectivity index (χ4v) is 1.18. The molecule has 2 N–H and O–H groups in total. The molecular formula is C10H16N4. The molecule has 0 bridgehead atoms. The van der Waals surface area contributed by atoms with Crippen LogP contribution in [0.3, 0.4) is 0 Å². The summed E-state index contributed by atoms with van der Waals surface area (Å²) in [6.07, 6.45) is 0. The number of aromatic nitrogens is 2. The topological polar surface area (TPSA) is 55.0 Å². The van der Waals surface area contributed by atoms with E-state index in [0.717, 1.165) is 24.5 Å². The molecule has 0 saturated carbocycles. The van der Waals surface area contributed by atoms with Gasteiger partial charge in [-0.1, -0.05) is 12.2 Å². The van der Waals surface area contributed by atoms with Crippen molar-refractivity contribution in [1.29, 1.82) is 0 Å². The Balaban J connectivity index is 2.78. The highest BCUT2D eigenvalue weighted by Crippen LogP contribution is 2.11. The summed E-state index contributed by atoms with van der Waals surface area (Å²) in [5, 5.41) is 7.82. The van der Waals surface area contributed by atoms with Gasteiger partial charge < -0.3 is 10.6 Å². The average molecular weight is 192 g/mol. The molecule has 0 aliphatic rings. The van der Waals surface area contributed by atoms with Crippen molar-refractivity contribution in [2.75, 3.05) is 23.7 Å². The van der Waals surface area contributed by atoms with Crippen molar-refractivity contribution in [2.45, 2.75) is 13.8 Å². The van der Waals surface area contributed by atoms with Crippen molar-refractivity contribution in [3.63, 3.8) is 0 Å². The lowest BCUT2D eigenvalue weighted by atomic mass is 10.3. The van der Waals surface area contributed by atoms with Gasteiger partial charge >= 0.3 is 0 Å². The molecule has 0 unspecified atom stereocenters. The van der Waals surface area contributed by atoms with Gasteiger partial charge in [-0.2, -0.15) is 0 Å². The monoisotopic (exact) mass is 192 g/mol. The van der Waals surface area contributed by atoms with E-state index in [9.17, 15) is 0 Å². The molecule has 0 aliphatic heterocycles. The van der Waals surface area contributed by atoms with Gasteiger partial charge in [-0.05, 0) is 26.0 Å². The van der Waals surface area contributed by atoms with E-state index in [1.807, 2.05) is 13.0 Å². The maximum atomic E-state index is 5.46. The Labute approximate surface area is 84.4 Å². The highest BCUT2D eigenvalue weighted by molar-refractivity contribution is 5.42. The van der Waals surface area contributed by atoms with E-state index in [1.54, 1.807) is 6.07 Å². The fourth-order valence-electron chi connectivity index (χ4n) is 1.18. The number of nitrogen functional groups attached to an aromatic ring is 1. The number of hydrogen-bond donors (Lipinski definition) is 1. The van der Waals surface area contributed by atoms with E-state index in [1.165, 1.54) is 0 Å². The number of anilines is 2. The number of nitrogens with two attached hydrogens (primary N) is 1. The van der Waals surface area contributed by atoms with Crippen molar-refractivity contribution < 1.29 is 0 Å². The van der Waals surface area contributed by atoms with E-state index in [4.69, 9.17) is 5.73 Å². The second kappa shape index (κ2) is 4.60. The molecule has 14 heavy (non-hydrogen) atoms. The van der Waals surface area contributed by atoms with Crippen molar-refractivity contribution in [1.82, 2.24) is 10.2 Å². The average Bonchev–Trinajstić information content (AvgIpc) is 2.15. The van der Waals surface area contributed by atoms with Crippen LogP contribution < -0.4 is 10.6 Å². The van der Waals surface area contributed by atoms with Crippen LogP contribution in [-0.4, -0.2) is 23.3 Å². The van der Waals surface area contributed by atoms with E-state index < -0.39 is 0 Å². The minimum absolute atomic E-state index is 0.445. The summed E-state index contributed by atoms with van der Waals surface area (Å²) in [6, 6.07) is 3.62. The van der Waals surface area contributed by atoms with Crippen molar-refractivity contribution in [3.8, 4) is 0 Å². The third-order valence-corrected chi connectivity index (χ3v) is 1.84. The van der Waals surface area contributed by atoms with Gasteiger partial charge in [0, 0.05) is 13.1 Å². The molecule has 1 heterocycles. The summed E-state index contributed by atoms with van der Waals surface area (Å²) in [5.41, 5.74) is 6.56. The van der Waals surface area contributed by atoms with Crippen molar-refractivity contribution in [3.05, 3.63) is 24.3 Å². The van der Waals surface area contributed by atoms with Gasteiger partial charge in [0.1, 0.15) is 5.82 Å². The Morgan fingerprint density at radius 1 is 1.50 bits per heavy atom. The van der Waals surface area contributed by atoms with Gasteiger partial charge in [0.2, 0.25) is 0 Å². The first kappa shape index (κ1) is 10.5. The molecule has 0 radical (unpaired) electrons. The Bertz CT molecular complexity index is 304. The molecule has 1 aromatic heterocycles. The Morgan fingerprint density at radius 3 is 2.64 bits per heavy atom. The van der Waals surface area contributed by atoms with Crippen LogP contribution in [0.2, 0.25) is 0 Å². The van der Waals surface area contributed by atoms with Crippen LogP contribution >= 0.6 is 0 Å². The highest BCUT2D eigenvalue weighted by Gasteiger charge is 2.05. The molecule has 0 aliphatic carbocycles. The lowest BCUT2D eigenvalue weighted by Gasteiger charge is -2.21. The SMILES string of the molecule is C=C(C)CN(CC)c1ccc(N)nn1. The smallest absolute Gasteiger partial charge is 0.151 e. The second-order valence-electron chi connectivity index (χ2n) is 3.29. The van der Waals surface area contributed by atoms with Gasteiger partial charge in [-0.3, -0.25) is 0 Å². The maximum Gasteiger partial charge on any atom is 0.151 e. The molecule has 4 nitrogen and oxygen atoms in total. The van der Waals surface area contributed by atoms with E-state index in [2.05, 4.69) is 28.6 Å². The molecule has 0 saturated heterocycles. The normalized spacial score (nSPS) is 9.86. The molecule has 0 aromatic carbocycles. The Morgan fingerprint density at radius 2 is 2.21 bits per heavy atom. The number of likely N-dealkylation sites (N-methyl/N-ethyl adjacent to an activating group) is 1. The highest BCUT2D eigenvalue weighted by atomic mass is 15.3. The van der Waals surface area contributed by atoms with Gasteiger partial charge in [0.05, 0.1) is 0 Å². The minimum atomic E-state index is 0.445. The largest absolute Gasteiger partial charge is 0.382 e. The van der Waals surface area contributed by atoms with Crippen molar-refractivity contribution in [2.24, 2.45) is 0 Å². The minimum Gasteiger partial charge on any atom is -0.382 e. The molecule has 0 spiro atoms. The third kappa shape index (κ3) is 2.73. The predicted octanol–water partition coefficient (Wildman–Crippen LogP) is 1.46. The van der Waals surface area contributed by atoms with Gasteiger partial charge in [-0.15, -0.1) is 10.2 Å². The zero-order valence-corrected chi connectivity index (χ0v) is 8.70. The standard InChI is InChI=1S/C10H16N4/c1-4-14(7-8(2)3)10-6-5-9(11)12-13-10/h5-6H,2,4,7H2,1,3H3,(H2,11,12). The maximum absolute atomic E-state index is 5.46. The van der Waals surface area contributed by atoms with Crippen LogP contribution in [0.5, 0.6) is 0 Å². The quantitative estimate of drug-likeness (QED) is 0.734. The first-order chi connectivity index (χ1) is 6.63. The molecule has 0 atom stereocenters. The van der Waals surface area contributed by atoms with Crippen LogP contribution in [0.1, 0.15) is 13.8 Å². The summed E-state index contributed by atoms with van der Waals surface area (Å²) >= 11 is 0. The summed E-state index contributed by atoms with van der Waals surface area (Å²) in [7, 11) is 0. The lowest BCUT2D eigenvalue weighted by Crippen LogP contribution is -2.25. The van der Waals surface area contributed by atoms with Crippen LogP contribution in [0, 0.1) is 0 Å². The predicted molar refractivity (Wildman–Crippen MR) is 59.1 cm³/mol. The fraction of sp³-hybridized carbons (Fsp3) is 0.400. The van der Waals surface area contributed by atoms with Crippen molar-refractivity contribution >= 4 is 11.6 Å². The Kier molecular flexibility index (Phi) is 3.45. The van der Waals surface area contributed by atoms with Gasteiger partial charge in [0.15, 0.2) is 5.82 Å². The third-order valence-electron chi connectivity index (χ3n) is 1.84. The molecular weight excluding hydrogens is 176 g/mol. The van der Waals surface area contributed by atoms with Crippen LogP contribution in [0.15, 0.2) is 24.3 Å². The van der Waals surface area contributed by atoms with Crippen LogP contribution in [-0.2, 0) is 0 Å². The summed E-state index contributed by atoms with van der Waals surface area (Å²) in [4.78, 5) is 2.09. The summed E-state index contributed by atoms with van der Waals surface area (Å²) in [5.74, 6) is 1.28. The van der Waals surface area contributed by atoms with E-state index in [-0.39, 0.29) is 0 Å². The second-order valence-corrected chi connectivity index (χ2v) is 3.29. The molecule has 76 valence electrons.